The molecule has 2 atom stereocenters. The van der Waals surface area contributed by atoms with E-state index in [-0.39, 0.29) is 55.1 Å². The van der Waals surface area contributed by atoms with Gasteiger partial charge >= 0.3 is 30.4 Å². The van der Waals surface area contributed by atoms with Crippen LogP contribution < -0.4 is 11.4 Å². The van der Waals surface area contributed by atoms with Gasteiger partial charge in [0, 0.05) is 23.4 Å². The van der Waals surface area contributed by atoms with Crippen molar-refractivity contribution in [3.8, 4) is 0 Å². The molecule has 0 unspecified atom stereocenters. The number of aromatic nitrogens is 3. The summed E-state index contributed by atoms with van der Waals surface area (Å²) in [5, 5.41) is 6.31. The second-order valence-electron chi connectivity index (χ2n) is 19.7. The highest BCUT2D eigenvalue weighted by molar-refractivity contribution is 5.52. The van der Waals surface area contributed by atoms with Crippen molar-refractivity contribution < 1.29 is 62.2 Å². The van der Waals surface area contributed by atoms with Crippen LogP contribution in [0, 0.1) is 0 Å². The first kappa shape index (κ1) is 63.1. The molecular formula is C56H69F12N5O3. The molecule has 2 fully saturated rings. The number of halogens is 12. The summed E-state index contributed by atoms with van der Waals surface area (Å²) in [7, 11) is 1.75. The van der Waals surface area contributed by atoms with Gasteiger partial charge in [-0.2, -0.15) is 57.8 Å². The summed E-state index contributed by atoms with van der Waals surface area (Å²) in [6.07, 6.45) is -11.4. The van der Waals surface area contributed by atoms with Crippen LogP contribution >= 0.6 is 0 Å². The summed E-state index contributed by atoms with van der Waals surface area (Å²) in [6.45, 7) is 9.14. The molecule has 2 aliphatic carbocycles. The van der Waals surface area contributed by atoms with Gasteiger partial charge in [0.1, 0.15) is 6.33 Å². The van der Waals surface area contributed by atoms with Crippen LogP contribution in [-0.2, 0) is 50.5 Å². The minimum Gasteiger partial charge on any atom is -0.373 e. The topological polar surface area (TPSA) is 108 Å². The van der Waals surface area contributed by atoms with Gasteiger partial charge in [0.05, 0.1) is 53.2 Å². The molecule has 420 valence electrons. The largest absolute Gasteiger partial charge is 0.416 e. The standard InChI is InChI=1S/C27H29F6N3O2.C25H29F6NO.C3H7N.CH4/c1-3-25(36-17-34-35-23(36)37)11-9-24(10-12-25,20-7-5-4-6-8-20)16-38-18(2)19-13-21(26(28,29)30)15-22(14-19)27(31,32)33;1-3-23(32)11-9-22(10-12-23,19-7-5-4-6-8-19)16-33-17(2)18-13-20(24(26,27)28)15-21(14-18)25(29,30)31;1-3-4-2;/h4-8,13-15,17-18H,3,9-12,16H2,1-2H3,(H,35,37);4-8,13-15,17H,3,9-12,16,32H2,1-2H3;3H,1-2H3;1H4/t18-,24?,25?;17-,22?,23?;;/m11../s1. The van der Waals surface area contributed by atoms with Gasteiger partial charge in [0.2, 0.25) is 0 Å². The van der Waals surface area contributed by atoms with Crippen LogP contribution in [0.25, 0.3) is 0 Å². The fourth-order valence-electron chi connectivity index (χ4n) is 9.93. The van der Waals surface area contributed by atoms with E-state index >= 15 is 0 Å². The average Bonchev–Trinajstić information content (AvgIpc) is 3.83. The fourth-order valence-corrected chi connectivity index (χ4v) is 9.93. The Labute approximate surface area is 436 Å². The van der Waals surface area contributed by atoms with Crippen molar-refractivity contribution in [1.82, 2.24) is 14.8 Å². The highest BCUT2D eigenvalue weighted by atomic mass is 19.4. The molecule has 1 heterocycles. The molecule has 8 nitrogen and oxygen atoms in total. The van der Waals surface area contributed by atoms with Crippen LogP contribution in [0.1, 0.15) is 163 Å². The van der Waals surface area contributed by atoms with E-state index < -0.39 is 75.5 Å². The number of hydrogen-bond donors (Lipinski definition) is 2. The van der Waals surface area contributed by atoms with Crippen LogP contribution in [0.15, 0.2) is 113 Å². The van der Waals surface area contributed by atoms with Gasteiger partial charge in [0.15, 0.2) is 0 Å². The van der Waals surface area contributed by atoms with Gasteiger partial charge in [-0.05, 0) is 150 Å². The Kier molecular flexibility index (Phi) is 21.0. The number of aromatic amines is 1. The lowest BCUT2D eigenvalue weighted by Crippen LogP contribution is -2.48. The minimum atomic E-state index is -4.93. The predicted octanol–water partition coefficient (Wildman–Crippen LogP) is 15.8. The second-order valence-corrected chi connectivity index (χ2v) is 19.7. The molecule has 3 N–H and O–H groups in total. The smallest absolute Gasteiger partial charge is 0.373 e. The SMILES string of the molecule is C.CC=NC.CCC1(N)CCC(CO[C@H](C)c2cc(C(F)(F)F)cc(C(F)(F)F)c2)(c2ccccc2)CC1.CCC1(n2cn[nH]c2=O)CCC(CO[C@H](C)c2cc(C(F)(F)F)cc(C(F)(F)F)c2)(c2ccccc2)CC1. The number of nitrogens with one attached hydrogen (secondary N) is 1. The van der Waals surface area contributed by atoms with Crippen LogP contribution in [0.2, 0.25) is 0 Å². The molecule has 7 rings (SSSR count). The number of hydrogen-bond acceptors (Lipinski definition) is 6. The maximum atomic E-state index is 13.4. The molecule has 1 aromatic heterocycles. The highest BCUT2D eigenvalue weighted by Crippen LogP contribution is 2.49. The first-order valence-corrected chi connectivity index (χ1v) is 24.7. The van der Waals surface area contributed by atoms with Gasteiger partial charge in [-0.3, -0.25) is 4.57 Å². The van der Waals surface area contributed by atoms with Crippen molar-refractivity contribution in [3.05, 3.63) is 158 Å². The molecule has 20 heteroatoms. The Balaban J connectivity index is 0.000000306. The number of aliphatic imine (C=N–C) groups is 1. The van der Waals surface area contributed by atoms with Crippen molar-refractivity contribution in [2.45, 2.75) is 165 Å². The minimum absolute atomic E-state index is 0. The molecule has 0 spiro atoms. The lowest BCUT2D eigenvalue weighted by atomic mass is 9.63. The average molecular weight is 1090 g/mol. The fraction of sp³-hybridized carbons (Fsp3) is 0.518. The van der Waals surface area contributed by atoms with E-state index in [4.69, 9.17) is 15.2 Å². The molecule has 2 aliphatic rings. The Bertz CT molecular complexity index is 2590. The number of nitrogens with zero attached hydrogens (tertiary/aromatic N) is 3. The third-order valence-electron chi connectivity index (χ3n) is 15.2. The molecule has 0 aliphatic heterocycles. The number of H-pyrrole nitrogens is 1. The zero-order chi connectivity index (χ0) is 55.7. The van der Waals surface area contributed by atoms with Gasteiger partial charge in [0.25, 0.3) is 0 Å². The van der Waals surface area contributed by atoms with Crippen molar-refractivity contribution >= 4 is 6.21 Å². The number of nitrogens with two attached hydrogens (primary N) is 1. The van der Waals surface area contributed by atoms with Crippen molar-refractivity contribution in [1.29, 1.82) is 0 Å². The van der Waals surface area contributed by atoms with Gasteiger partial charge in [-0.15, -0.1) is 0 Å². The van der Waals surface area contributed by atoms with Gasteiger partial charge in [-0.1, -0.05) is 81.9 Å². The molecule has 0 radical (unpaired) electrons. The Morgan fingerprint density at radius 1 is 0.618 bits per heavy atom. The summed E-state index contributed by atoms with van der Waals surface area (Å²) in [5.41, 5.74) is 0.757. The first-order valence-electron chi connectivity index (χ1n) is 24.7. The summed E-state index contributed by atoms with van der Waals surface area (Å²) in [6, 6.07) is 22.3. The quantitative estimate of drug-likeness (QED) is 0.0902. The normalized spacial score (nSPS) is 23.1. The van der Waals surface area contributed by atoms with E-state index in [1.165, 1.54) is 20.2 Å². The number of benzene rings is 4. The van der Waals surface area contributed by atoms with Gasteiger partial charge < -0.3 is 20.2 Å². The Morgan fingerprint density at radius 3 is 1.24 bits per heavy atom. The summed E-state index contributed by atoms with van der Waals surface area (Å²) < 4.78 is 173. The Morgan fingerprint density at radius 2 is 0.961 bits per heavy atom. The molecule has 0 bridgehead atoms. The molecule has 5 aromatic rings. The van der Waals surface area contributed by atoms with Crippen molar-refractivity contribution in [2.24, 2.45) is 10.7 Å². The summed E-state index contributed by atoms with van der Waals surface area (Å²) in [4.78, 5) is 16.0. The monoisotopic (exact) mass is 1090 g/mol. The predicted molar refractivity (Wildman–Crippen MR) is 270 cm³/mol. The van der Waals surface area contributed by atoms with E-state index in [1.54, 1.807) is 17.8 Å². The number of rotatable bonds is 13. The number of ether oxygens (including phenoxy) is 2. The molecule has 0 amide bonds. The zero-order valence-electron chi connectivity index (χ0n) is 42.7. The maximum absolute atomic E-state index is 13.4. The Hall–Kier alpha value is -5.47. The van der Waals surface area contributed by atoms with E-state index in [1.807, 2.05) is 81.4 Å². The van der Waals surface area contributed by atoms with E-state index in [0.717, 1.165) is 55.4 Å². The van der Waals surface area contributed by atoms with Crippen LogP contribution in [0.3, 0.4) is 0 Å². The van der Waals surface area contributed by atoms with Crippen LogP contribution in [0.5, 0.6) is 0 Å². The summed E-state index contributed by atoms with van der Waals surface area (Å²) in [5.74, 6) is 0. The van der Waals surface area contributed by atoms with E-state index in [9.17, 15) is 57.5 Å². The van der Waals surface area contributed by atoms with E-state index in [0.29, 0.717) is 44.2 Å². The maximum Gasteiger partial charge on any atom is 0.416 e. The van der Waals surface area contributed by atoms with Crippen molar-refractivity contribution in [3.63, 3.8) is 0 Å². The second kappa shape index (κ2) is 25.3. The third kappa shape index (κ3) is 15.6. The third-order valence-corrected chi connectivity index (χ3v) is 15.2. The van der Waals surface area contributed by atoms with Gasteiger partial charge in [-0.25, -0.2) is 9.89 Å². The lowest BCUT2D eigenvalue weighted by molar-refractivity contribution is -0.145. The molecular weight excluding hydrogens is 1020 g/mol. The number of alkyl halides is 12. The molecule has 4 aromatic carbocycles. The highest BCUT2D eigenvalue weighted by Gasteiger charge is 2.46. The lowest BCUT2D eigenvalue weighted by Gasteiger charge is -2.47. The van der Waals surface area contributed by atoms with Crippen LogP contribution in [0.4, 0.5) is 52.7 Å². The zero-order valence-corrected chi connectivity index (χ0v) is 42.7. The summed E-state index contributed by atoms with van der Waals surface area (Å²) >= 11 is 0. The first-order chi connectivity index (χ1) is 35.0. The van der Waals surface area contributed by atoms with E-state index in [2.05, 4.69) is 15.2 Å². The molecule has 0 saturated heterocycles. The van der Waals surface area contributed by atoms with Crippen LogP contribution in [-0.4, -0.2) is 46.8 Å². The molecule has 2 saturated carbocycles. The molecule has 76 heavy (non-hydrogen) atoms. The van der Waals surface area contributed by atoms with Crippen molar-refractivity contribution in [2.75, 3.05) is 20.3 Å².